The monoisotopic (exact) mass is 428 g/mol. The minimum atomic E-state index is -0.146. The molecule has 3 aromatic rings. The minimum Gasteiger partial charge on any atom is -0.497 e. The van der Waals surface area contributed by atoms with E-state index in [4.69, 9.17) is 4.74 Å². The van der Waals surface area contributed by atoms with Gasteiger partial charge in [-0.25, -0.2) is 4.98 Å². The van der Waals surface area contributed by atoms with Crippen molar-refractivity contribution in [3.8, 4) is 5.75 Å². The molecular weight excluding hydrogens is 408 g/mol. The molecule has 3 heterocycles. The van der Waals surface area contributed by atoms with Gasteiger partial charge in [-0.1, -0.05) is 6.07 Å². The standard InChI is InChI=1S/C20H20N4O3S2/c1-27-15-4-2-3-14(9-15)21-18(25)11-24-7-5-16-17(10-24)29-20(22-16)23-19(26)13-6-8-28-12-13/h2-4,6,8-9,12H,5,7,10-11H2,1H3,(H,21,25)(H,22,23,26). The van der Waals surface area contributed by atoms with Crippen molar-refractivity contribution in [3.05, 3.63) is 57.2 Å². The molecule has 0 unspecified atom stereocenters. The molecule has 0 spiro atoms. The van der Waals surface area contributed by atoms with Crippen LogP contribution in [-0.4, -0.2) is 41.9 Å². The van der Waals surface area contributed by atoms with Gasteiger partial charge in [0, 0.05) is 41.5 Å². The number of carbonyl (C=O) groups is 2. The molecule has 1 aliphatic heterocycles. The van der Waals surface area contributed by atoms with E-state index in [1.807, 2.05) is 29.0 Å². The van der Waals surface area contributed by atoms with Crippen LogP contribution in [0.1, 0.15) is 20.9 Å². The first kappa shape index (κ1) is 19.6. The largest absolute Gasteiger partial charge is 0.497 e. The van der Waals surface area contributed by atoms with Crippen molar-refractivity contribution in [1.82, 2.24) is 9.88 Å². The van der Waals surface area contributed by atoms with Gasteiger partial charge >= 0.3 is 0 Å². The second-order valence-electron chi connectivity index (χ2n) is 6.60. The zero-order chi connectivity index (χ0) is 20.2. The van der Waals surface area contributed by atoms with Gasteiger partial charge in [-0.2, -0.15) is 11.3 Å². The Morgan fingerprint density at radius 1 is 1.28 bits per heavy atom. The van der Waals surface area contributed by atoms with E-state index in [1.54, 1.807) is 19.2 Å². The highest BCUT2D eigenvalue weighted by Gasteiger charge is 2.23. The number of hydrogen-bond donors (Lipinski definition) is 2. The highest BCUT2D eigenvalue weighted by molar-refractivity contribution is 7.16. The minimum absolute atomic E-state index is 0.0720. The van der Waals surface area contributed by atoms with Crippen LogP contribution in [0.25, 0.3) is 0 Å². The highest BCUT2D eigenvalue weighted by atomic mass is 32.1. The van der Waals surface area contributed by atoms with E-state index >= 15 is 0 Å². The Hall–Kier alpha value is -2.75. The van der Waals surface area contributed by atoms with Gasteiger partial charge in [0.25, 0.3) is 5.91 Å². The SMILES string of the molecule is COc1cccc(NC(=O)CN2CCc3nc(NC(=O)c4ccsc4)sc3C2)c1. The maximum absolute atomic E-state index is 12.4. The predicted octanol–water partition coefficient (Wildman–Crippen LogP) is 3.46. The number of carbonyl (C=O) groups excluding carboxylic acids is 2. The van der Waals surface area contributed by atoms with Gasteiger partial charge in [0.15, 0.2) is 5.13 Å². The van der Waals surface area contributed by atoms with Crippen molar-refractivity contribution in [3.63, 3.8) is 0 Å². The zero-order valence-electron chi connectivity index (χ0n) is 15.8. The molecule has 0 fully saturated rings. The summed E-state index contributed by atoms with van der Waals surface area (Å²) in [5.41, 5.74) is 2.35. The van der Waals surface area contributed by atoms with Crippen LogP contribution in [-0.2, 0) is 17.8 Å². The fourth-order valence-corrected chi connectivity index (χ4v) is 4.79. The summed E-state index contributed by atoms with van der Waals surface area (Å²) in [5, 5.41) is 10.1. The molecule has 29 heavy (non-hydrogen) atoms. The number of thiazole rings is 1. The van der Waals surface area contributed by atoms with E-state index in [0.29, 0.717) is 35.2 Å². The quantitative estimate of drug-likeness (QED) is 0.628. The average molecular weight is 429 g/mol. The van der Waals surface area contributed by atoms with Gasteiger partial charge in [0.1, 0.15) is 5.75 Å². The molecular formula is C20H20N4O3S2. The Kier molecular flexibility index (Phi) is 5.89. The molecule has 0 aliphatic carbocycles. The summed E-state index contributed by atoms with van der Waals surface area (Å²) in [5.74, 6) is 0.483. The molecule has 2 N–H and O–H groups in total. The van der Waals surface area contributed by atoms with Crippen molar-refractivity contribution in [2.45, 2.75) is 13.0 Å². The summed E-state index contributed by atoms with van der Waals surface area (Å²) in [6.45, 7) is 1.69. The van der Waals surface area contributed by atoms with Crippen molar-refractivity contribution < 1.29 is 14.3 Å². The molecule has 150 valence electrons. The number of fused-ring (bicyclic) bond motifs is 1. The van der Waals surface area contributed by atoms with Gasteiger partial charge < -0.3 is 10.1 Å². The van der Waals surface area contributed by atoms with Crippen LogP contribution in [0.4, 0.5) is 10.8 Å². The lowest BCUT2D eigenvalue weighted by Crippen LogP contribution is -2.36. The summed E-state index contributed by atoms with van der Waals surface area (Å²) in [6, 6.07) is 9.08. The van der Waals surface area contributed by atoms with E-state index in [-0.39, 0.29) is 11.8 Å². The lowest BCUT2D eigenvalue weighted by molar-refractivity contribution is -0.117. The van der Waals surface area contributed by atoms with E-state index in [2.05, 4.69) is 20.5 Å². The third-order valence-electron chi connectivity index (χ3n) is 4.53. The maximum Gasteiger partial charge on any atom is 0.258 e. The summed E-state index contributed by atoms with van der Waals surface area (Å²) in [6.07, 6.45) is 0.757. The van der Waals surface area contributed by atoms with E-state index in [9.17, 15) is 9.59 Å². The fourth-order valence-electron chi connectivity index (χ4n) is 3.10. The molecule has 0 radical (unpaired) electrons. The first-order valence-electron chi connectivity index (χ1n) is 9.09. The average Bonchev–Trinajstić information content (AvgIpc) is 3.37. The van der Waals surface area contributed by atoms with Crippen LogP contribution in [0, 0.1) is 0 Å². The number of nitrogens with one attached hydrogen (secondary N) is 2. The molecule has 2 amide bonds. The van der Waals surface area contributed by atoms with Crippen LogP contribution in [0.15, 0.2) is 41.1 Å². The topological polar surface area (TPSA) is 83.6 Å². The van der Waals surface area contributed by atoms with Crippen molar-refractivity contribution in [2.24, 2.45) is 0 Å². The molecule has 0 bridgehead atoms. The number of aromatic nitrogens is 1. The van der Waals surface area contributed by atoms with Crippen molar-refractivity contribution in [2.75, 3.05) is 30.8 Å². The summed E-state index contributed by atoms with van der Waals surface area (Å²) in [7, 11) is 1.60. The van der Waals surface area contributed by atoms with Gasteiger partial charge in [-0.05, 0) is 23.6 Å². The molecule has 9 heteroatoms. The molecule has 7 nitrogen and oxygen atoms in total. The molecule has 0 atom stereocenters. The number of rotatable bonds is 6. The molecule has 0 saturated heterocycles. The highest BCUT2D eigenvalue weighted by Crippen LogP contribution is 2.28. The summed E-state index contributed by atoms with van der Waals surface area (Å²) < 4.78 is 5.18. The second kappa shape index (κ2) is 8.73. The molecule has 0 saturated carbocycles. The lowest BCUT2D eigenvalue weighted by Gasteiger charge is -2.25. The number of hydrogen-bond acceptors (Lipinski definition) is 7. The van der Waals surface area contributed by atoms with E-state index < -0.39 is 0 Å². The Labute approximate surface area is 176 Å². The van der Waals surface area contributed by atoms with Crippen molar-refractivity contribution >= 4 is 45.3 Å². The maximum atomic E-state index is 12.4. The number of methoxy groups -OCH3 is 1. The predicted molar refractivity (Wildman–Crippen MR) is 115 cm³/mol. The van der Waals surface area contributed by atoms with Crippen LogP contribution < -0.4 is 15.4 Å². The number of ether oxygens (including phenoxy) is 1. The van der Waals surface area contributed by atoms with Gasteiger partial charge in [-0.15, -0.1) is 11.3 Å². The molecule has 1 aliphatic rings. The summed E-state index contributed by atoms with van der Waals surface area (Å²) in [4.78, 5) is 32.3. The summed E-state index contributed by atoms with van der Waals surface area (Å²) >= 11 is 2.96. The molecule has 4 rings (SSSR count). The number of anilines is 2. The Bertz CT molecular complexity index is 1020. The van der Waals surface area contributed by atoms with E-state index in [0.717, 1.165) is 23.5 Å². The normalized spacial score (nSPS) is 13.6. The van der Waals surface area contributed by atoms with Gasteiger partial charge in [0.2, 0.25) is 5.91 Å². The Morgan fingerprint density at radius 3 is 2.97 bits per heavy atom. The first-order valence-corrected chi connectivity index (χ1v) is 10.8. The van der Waals surface area contributed by atoms with Crippen LogP contribution in [0.5, 0.6) is 5.75 Å². The van der Waals surface area contributed by atoms with Crippen LogP contribution in [0.3, 0.4) is 0 Å². The van der Waals surface area contributed by atoms with Crippen molar-refractivity contribution in [1.29, 1.82) is 0 Å². The fraction of sp³-hybridized carbons (Fsp3) is 0.250. The smallest absolute Gasteiger partial charge is 0.258 e. The van der Waals surface area contributed by atoms with Gasteiger partial charge in [0.05, 0.1) is 24.9 Å². The molecule has 2 aromatic heterocycles. The third kappa shape index (κ3) is 4.81. The van der Waals surface area contributed by atoms with Gasteiger partial charge in [-0.3, -0.25) is 19.8 Å². The Balaban J connectivity index is 1.34. The number of thiophene rings is 1. The number of nitrogens with zero attached hydrogens (tertiary/aromatic N) is 2. The lowest BCUT2D eigenvalue weighted by atomic mass is 10.2. The number of amides is 2. The van der Waals surface area contributed by atoms with E-state index in [1.165, 1.54) is 22.7 Å². The zero-order valence-corrected chi connectivity index (χ0v) is 17.4. The van der Waals surface area contributed by atoms with Crippen LogP contribution >= 0.6 is 22.7 Å². The molecule has 1 aromatic carbocycles. The first-order chi connectivity index (χ1) is 14.1. The second-order valence-corrected chi connectivity index (χ2v) is 8.46. The third-order valence-corrected chi connectivity index (χ3v) is 6.22. The number of benzene rings is 1. The van der Waals surface area contributed by atoms with Crippen LogP contribution in [0.2, 0.25) is 0 Å². The Morgan fingerprint density at radius 2 is 2.17 bits per heavy atom.